The number of hydrogen-bond donors (Lipinski definition) is 0. The molecule has 2 fully saturated rings. The van der Waals surface area contributed by atoms with Crippen molar-refractivity contribution >= 4 is 5.91 Å². The second-order valence-corrected chi connectivity index (χ2v) is 6.50. The predicted octanol–water partition coefficient (Wildman–Crippen LogP) is 2.80. The number of amides is 1. The highest BCUT2D eigenvalue weighted by Gasteiger charge is 2.46. The van der Waals surface area contributed by atoms with Crippen LogP contribution in [0.15, 0.2) is 24.3 Å². The summed E-state index contributed by atoms with van der Waals surface area (Å²) in [6.45, 7) is 6.56. The highest BCUT2D eigenvalue weighted by molar-refractivity contribution is 5.88. The van der Waals surface area contributed by atoms with E-state index in [0.29, 0.717) is 5.56 Å². The predicted molar refractivity (Wildman–Crippen MR) is 85.2 cm³/mol. The SMILES string of the molecule is CCN1CCN(C(=O)C2(c3ccccc3F)CCCC2)CC1. The molecule has 0 atom stereocenters. The van der Waals surface area contributed by atoms with Crippen LogP contribution < -0.4 is 0 Å². The molecule has 0 radical (unpaired) electrons. The van der Waals surface area contributed by atoms with Crippen molar-refractivity contribution in [3.63, 3.8) is 0 Å². The van der Waals surface area contributed by atoms with Crippen LogP contribution in [-0.4, -0.2) is 48.4 Å². The van der Waals surface area contributed by atoms with Crippen molar-refractivity contribution in [3.8, 4) is 0 Å². The van der Waals surface area contributed by atoms with Gasteiger partial charge in [-0.1, -0.05) is 38.0 Å². The molecule has 1 saturated heterocycles. The first kappa shape index (κ1) is 15.5. The molecule has 1 aromatic rings. The van der Waals surface area contributed by atoms with Gasteiger partial charge >= 0.3 is 0 Å². The maximum Gasteiger partial charge on any atom is 0.233 e. The minimum Gasteiger partial charge on any atom is -0.339 e. The van der Waals surface area contributed by atoms with Gasteiger partial charge in [0, 0.05) is 31.7 Å². The summed E-state index contributed by atoms with van der Waals surface area (Å²) in [7, 11) is 0. The number of halogens is 1. The highest BCUT2D eigenvalue weighted by Crippen LogP contribution is 2.43. The molecule has 0 N–H and O–H groups in total. The lowest BCUT2D eigenvalue weighted by Gasteiger charge is -2.39. The summed E-state index contributed by atoms with van der Waals surface area (Å²) in [6.07, 6.45) is 3.57. The van der Waals surface area contributed by atoms with Crippen LogP contribution in [-0.2, 0) is 10.2 Å². The first-order chi connectivity index (χ1) is 10.7. The molecule has 1 aromatic carbocycles. The summed E-state index contributed by atoms with van der Waals surface area (Å²) in [5, 5.41) is 0. The monoisotopic (exact) mass is 304 g/mol. The standard InChI is InChI=1S/C18H25FN2O/c1-2-20-11-13-21(14-12-20)17(22)18(9-5-6-10-18)15-7-3-4-8-16(15)19/h3-4,7-8H,2,5-6,9-14H2,1H3. The maximum absolute atomic E-state index is 14.4. The maximum atomic E-state index is 14.4. The Morgan fingerprint density at radius 2 is 1.77 bits per heavy atom. The normalized spacial score (nSPS) is 22.0. The van der Waals surface area contributed by atoms with Crippen LogP contribution in [0, 0.1) is 5.82 Å². The number of rotatable bonds is 3. The van der Waals surface area contributed by atoms with Gasteiger partial charge in [0.2, 0.25) is 5.91 Å². The fraction of sp³-hybridized carbons (Fsp3) is 0.611. The van der Waals surface area contributed by atoms with Crippen molar-refractivity contribution in [2.75, 3.05) is 32.7 Å². The molecule has 1 aliphatic carbocycles. The Kier molecular flexibility index (Phi) is 4.48. The summed E-state index contributed by atoms with van der Waals surface area (Å²) < 4.78 is 14.4. The Bertz CT molecular complexity index is 532. The van der Waals surface area contributed by atoms with E-state index in [4.69, 9.17) is 0 Å². The van der Waals surface area contributed by atoms with Crippen LogP contribution in [0.25, 0.3) is 0 Å². The average molecular weight is 304 g/mol. The zero-order chi connectivity index (χ0) is 15.6. The van der Waals surface area contributed by atoms with Crippen LogP contribution in [0.4, 0.5) is 4.39 Å². The Morgan fingerprint density at radius 3 is 2.36 bits per heavy atom. The average Bonchev–Trinajstić information content (AvgIpc) is 3.05. The Morgan fingerprint density at radius 1 is 1.14 bits per heavy atom. The van der Waals surface area contributed by atoms with Gasteiger partial charge in [-0.2, -0.15) is 0 Å². The molecule has 22 heavy (non-hydrogen) atoms. The van der Waals surface area contributed by atoms with Crippen molar-refractivity contribution in [3.05, 3.63) is 35.6 Å². The number of nitrogens with zero attached hydrogens (tertiary/aromatic N) is 2. The van der Waals surface area contributed by atoms with E-state index in [2.05, 4.69) is 11.8 Å². The second kappa shape index (κ2) is 6.37. The van der Waals surface area contributed by atoms with Gasteiger partial charge in [0.25, 0.3) is 0 Å². The van der Waals surface area contributed by atoms with E-state index in [1.54, 1.807) is 12.1 Å². The third-order valence-corrected chi connectivity index (χ3v) is 5.36. The molecule has 0 aromatic heterocycles. The molecule has 0 unspecified atom stereocenters. The lowest BCUT2D eigenvalue weighted by molar-refractivity contribution is -0.139. The van der Waals surface area contributed by atoms with Gasteiger partial charge in [-0.3, -0.25) is 4.79 Å². The van der Waals surface area contributed by atoms with Gasteiger partial charge in [0.1, 0.15) is 5.82 Å². The highest BCUT2D eigenvalue weighted by atomic mass is 19.1. The zero-order valence-electron chi connectivity index (χ0n) is 13.4. The molecule has 2 aliphatic rings. The molecule has 0 spiro atoms. The van der Waals surface area contributed by atoms with Crippen molar-refractivity contribution in [1.82, 2.24) is 9.80 Å². The lowest BCUT2D eigenvalue weighted by atomic mass is 9.77. The van der Waals surface area contributed by atoms with Gasteiger partial charge in [-0.05, 0) is 25.5 Å². The van der Waals surface area contributed by atoms with Crippen molar-refractivity contribution in [2.24, 2.45) is 0 Å². The molecule has 3 nitrogen and oxygen atoms in total. The van der Waals surface area contributed by atoms with E-state index in [0.717, 1.165) is 58.4 Å². The quantitative estimate of drug-likeness (QED) is 0.857. The third-order valence-electron chi connectivity index (χ3n) is 5.36. The Balaban J connectivity index is 1.85. The van der Waals surface area contributed by atoms with Crippen molar-refractivity contribution in [2.45, 2.75) is 38.0 Å². The second-order valence-electron chi connectivity index (χ2n) is 6.50. The molecule has 1 aliphatic heterocycles. The van der Waals surface area contributed by atoms with Crippen molar-refractivity contribution in [1.29, 1.82) is 0 Å². The number of likely N-dealkylation sites (N-methyl/N-ethyl adjacent to an activating group) is 1. The molecular formula is C18H25FN2O. The van der Waals surface area contributed by atoms with E-state index in [-0.39, 0.29) is 11.7 Å². The van der Waals surface area contributed by atoms with E-state index >= 15 is 0 Å². The summed E-state index contributed by atoms with van der Waals surface area (Å²) in [6, 6.07) is 6.84. The number of benzene rings is 1. The molecule has 1 heterocycles. The topological polar surface area (TPSA) is 23.6 Å². The minimum atomic E-state index is -0.625. The molecule has 3 rings (SSSR count). The molecule has 120 valence electrons. The molecule has 0 bridgehead atoms. The van der Waals surface area contributed by atoms with Crippen LogP contribution >= 0.6 is 0 Å². The summed E-state index contributed by atoms with van der Waals surface area (Å²) in [4.78, 5) is 17.5. The first-order valence-electron chi connectivity index (χ1n) is 8.44. The van der Waals surface area contributed by atoms with Gasteiger partial charge in [-0.25, -0.2) is 4.39 Å². The van der Waals surface area contributed by atoms with Gasteiger partial charge in [-0.15, -0.1) is 0 Å². The Labute approximate surface area is 132 Å². The van der Waals surface area contributed by atoms with Crippen LogP contribution in [0.3, 0.4) is 0 Å². The van der Waals surface area contributed by atoms with E-state index in [9.17, 15) is 9.18 Å². The van der Waals surface area contributed by atoms with Gasteiger partial charge < -0.3 is 9.80 Å². The fourth-order valence-corrected chi connectivity index (χ4v) is 4.00. The summed E-state index contributed by atoms with van der Waals surface area (Å²) in [5.41, 5.74) is -0.0184. The number of piperazine rings is 1. The lowest BCUT2D eigenvalue weighted by Crippen LogP contribution is -2.54. The zero-order valence-corrected chi connectivity index (χ0v) is 13.4. The molecule has 1 amide bonds. The fourth-order valence-electron chi connectivity index (χ4n) is 4.00. The van der Waals surface area contributed by atoms with E-state index in [1.165, 1.54) is 6.07 Å². The largest absolute Gasteiger partial charge is 0.339 e. The van der Waals surface area contributed by atoms with Crippen LogP contribution in [0.5, 0.6) is 0 Å². The third kappa shape index (κ3) is 2.65. The summed E-state index contributed by atoms with van der Waals surface area (Å²) in [5.74, 6) is -0.0872. The van der Waals surface area contributed by atoms with Crippen molar-refractivity contribution < 1.29 is 9.18 Å². The van der Waals surface area contributed by atoms with E-state index in [1.807, 2.05) is 11.0 Å². The molecule has 4 heteroatoms. The van der Waals surface area contributed by atoms with Gasteiger partial charge in [0.05, 0.1) is 5.41 Å². The summed E-state index contributed by atoms with van der Waals surface area (Å²) >= 11 is 0. The van der Waals surface area contributed by atoms with Crippen LogP contribution in [0.1, 0.15) is 38.2 Å². The smallest absolute Gasteiger partial charge is 0.233 e. The van der Waals surface area contributed by atoms with Crippen LogP contribution in [0.2, 0.25) is 0 Å². The molecular weight excluding hydrogens is 279 g/mol. The van der Waals surface area contributed by atoms with Gasteiger partial charge in [0.15, 0.2) is 0 Å². The number of carbonyl (C=O) groups excluding carboxylic acids is 1. The first-order valence-corrected chi connectivity index (χ1v) is 8.44. The minimum absolute atomic E-state index is 0.144. The molecule has 1 saturated carbocycles. The number of carbonyl (C=O) groups is 1. The Hall–Kier alpha value is -1.42. The number of hydrogen-bond acceptors (Lipinski definition) is 2. The van der Waals surface area contributed by atoms with E-state index < -0.39 is 5.41 Å².